The molecule has 25 heavy (non-hydrogen) atoms. The average molecular weight is 381 g/mol. The third kappa shape index (κ3) is 4.96. The monoisotopic (exact) mass is 380 g/mol. The number of rotatable bonds is 5. The van der Waals surface area contributed by atoms with Crippen LogP contribution >= 0.6 is 11.6 Å². The van der Waals surface area contributed by atoms with E-state index in [0.717, 1.165) is 21.7 Å². The van der Waals surface area contributed by atoms with E-state index in [2.05, 4.69) is 5.32 Å². The number of hydrogen-bond acceptors (Lipinski definition) is 3. The minimum absolute atomic E-state index is 0.345. The van der Waals surface area contributed by atoms with Crippen LogP contribution in [-0.2, 0) is 14.8 Å². The molecule has 2 aromatic rings. The predicted molar refractivity (Wildman–Crippen MR) is 103 cm³/mol. The summed E-state index contributed by atoms with van der Waals surface area (Å²) in [4.78, 5) is 12.6. The van der Waals surface area contributed by atoms with E-state index >= 15 is 0 Å². The number of nitrogens with one attached hydrogen (secondary N) is 1. The molecule has 2 aromatic carbocycles. The van der Waals surface area contributed by atoms with Crippen molar-refractivity contribution in [1.29, 1.82) is 0 Å². The van der Waals surface area contributed by atoms with Crippen LogP contribution in [0, 0.1) is 13.8 Å². The number of anilines is 2. The zero-order chi connectivity index (χ0) is 18.8. The lowest BCUT2D eigenvalue weighted by molar-refractivity contribution is -0.116. The molecule has 0 aliphatic heterocycles. The van der Waals surface area contributed by atoms with Crippen molar-refractivity contribution < 1.29 is 13.2 Å². The third-order valence-corrected chi connectivity index (χ3v) is 5.12. The Morgan fingerprint density at radius 3 is 2.24 bits per heavy atom. The van der Waals surface area contributed by atoms with Crippen molar-refractivity contribution in [2.45, 2.75) is 26.8 Å². The van der Waals surface area contributed by atoms with E-state index in [1.165, 1.54) is 6.07 Å². The summed E-state index contributed by atoms with van der Waals surface area (Å²) in [5.74, 6) is -0.421. The van der Waals surface area contributed by atoms with Gasteiger partial charge in [0, 0.05) is 10.7 Å². The Morgan fingerprint density at radius 1 is 1.12 bits per heavy atom. The van der Waals surface area contributed by atoms with E-state index in [4.69, 9.17) is 11.6 Å². The molecule has 134 valence electrons. The van der Waals surface area contributed by atoms with Gasteiger partial charge in [0.05, 0.1) is 11.9 Å². The summed E-state index contributed by atoms with van der Waals surface area (Å²) in [6, 6.07) is 11.1. The summed E-state index contributed by atoms with van der Waals surface area (Å²) in [5.41, 5.74) is 3.00. The Balaban J connectivity index is 2.33. The van der Waals surface area contributed by atoms with Crippen LogP contribution in [0.4, 0.5) is 11.4 Å². The summed E-state index contributed by atoms with van der Waals surface area (Å²) in [5, 5.41) is 3.18. The van der Waals surface area contributed by atoms with Gasteiger partial charge in [-0.15, -0.1) is 0 Å². The van der Waals surface area contributed by atoms with Crippen molar-refractivity contribution in [3.63, 3.8) is 0 Å². The fraction of sp³-hybridized carbons (Fsp3) is 0.278. The largest absolute Gasteiger partial charge is 0.324 e. The van der Waals surface area contributed by atoms with Crippen molar-refractivity contribution >= 4 is 38.9 Å². The highest BCUT2D eigenvalue weighted by atomic mass is 35.5. The smallest absolute Gasteiger partial charge is 0.247 e. The number of benzene rings is 2. The first kappa shape index (κ1) is 19.3. The van der Waals surface area contributed by atoms with Crippen LogP contribution in [0.15, 0.2) is 42.5 Å². The van der Waals surface area contributed by atoms with Crippen molar-refractivity contribution in [3.8, 4) is 0 Å². The minimum Gasteiger partial charge on any atom is -0.324 e. The Kier molecular flexibility index (Phi) is 5.75. The molecule has 1 unspecified atom stereocenters. The molecular weight excluding hydrogens is 360 g/mol. The van der Waals surface area contributed by atoms with Crippen LogP contribution in [0.1, 0.15) is 18.1 Å². The van der Waals surface area contributed by atoms with Gasteiger partial charge in [-0.1, -0.05) is 23.7 Å². The van der Waals surface area contributed by atoms with E-state index in [1.807, 2.05) is 32.0 Å². The molecule has 0 aromatic heterocycles. The summed E-state index contributed by atoms with van der Waals surface area (Å²) >= 11 is 5.97. The molecule has 1 amide bonds. The fourth-order valence-electron chi connectivity index (χ4n) is 2.72. The molecule has 0 bridgehead atoms. The van der Waals surface area contributed by atoms with Crippen LogP contribution in [0.3, 0.4) is 0 Å². The quantitative estimate of drug-likeness (QED) is 0.858. The van der Waals surface area contributed by atoms with Gasteiger partial charge in [-0.05, 0) is 62.2 Å². The molecular formula is C18H21ClN2O3S. The first-order valence-corrected chi connectivity index (χ1v) is 9.94. The van der Waals surface area contributed by atoms with Gasteiger partial charge in [-0.25, -0.2) is 8.42 Å². The van der Waals surface area contributed by atoms with Gasteiger partial charge < -0.3 is 5.32 Å². The minimum atomic E-state index is -3.67. The normalized spacial score (nSPS) is 12.5. The second-order valence-corrected chi connectivity index (χ2v) is 8.38. The van der Waals surface area contributed by atoms with E-state index < -0.39 is 22.0 Å². The van der Waals surface area contributed by atoms with E-state index in [1.54, 1.807) is 25.1 Å². The topological polar surface area (TPSA) is 66.5 Å². The number of sulfonamides is 1. The molecule has 1 atom stereocenters. The lowest BCUT2D eigenvalue weighted by atomic mass is 10.1. The van der Waals surface area contributed by atoms with Gasteiger partial charge in [0.15, 0.2) is 0 Å². The molecule has 0 saturated carbocycles. The van der Waals surface area contributed by atoms with Gasteiger partial charge in [0.25, 0.3) is 0 Å². The number of nitrogens with zero attached hydrogens (tertiary/aromatic N) is 1. The van der Waals surface area contributed by atoms with Gasteiger partial charge in [-0.2, -0.15) is 0 Å². The number of carbonyl (C=O) groups is 1. The van der Waals surface area contributed by atoms with Crippen molar-refractivity contribution in [2.75, 3.05) is 15.9 Å². The number of hydrogen-bond donors (Lipinski definition) is 1. The van der Waals surface area contributed by atoms with Gasteiger partial charge in [-0.3, -0.25) is 9.10 Å². The molecule has 0 saturated heterocycles. The van der Waals surface area contributed by atoms with Crippen LogP contribution < -0.4 is 9.62 Å². The molecule has 5 nitrogen and oxygen atoms in total. The summed E-state index contributed by atoms with van der Waals surface area (Å²) in [6.45, 7) is 5.40. The Hall–Kier alpha value is -2.05. The third-order valence-electron chi connectivity index (χ3n) is 3.64. The van der Waals surface area contributed by atoms with Gasteiger partial charge in [0.2, 0.25) is 15.9 Å². The van der Waals surface area contributed by atoms with Crippen molar-refractivity contribution in [2.24, 2.45) is 0 Å². The lowest BCUT2D eigenvalue weighted by Gasteiger charge is -2.28. The van der Waals surface area contributed by atoms with Crippen LogP contribution in [0.5, 0.6) is 0 Å². The maximum Gasteiger partial charge on any atom is 0.247 e. The number of aryl methyl sites for hydroxylation is 2. The van der Waals surface area contributed by atoms with E-state index in [-0.39, 0.29) is 0 Å². The number of carbonyl (C=O) groups excluding carboxylic acids is 1. The fourth-order valence-corrected chi connectivity index (χ4v) is 4.07. The molecule has 0 radical (unpaired) electrons. The Morgan fingerprint density at radius 2 is 1.72 bits per heavy atom. The molecule has 0 heterocycles. The van der Waals surface area contributed by atoms with Crippen LogP contribution in [0.25, 0.3) is 0 Å². The van der Waals surface area contributed by atoms with Crippen molar-refractivity contribution in [3.05, 3.63) is 58.6 Å². The highest BCUT2D eigenvalue weighted by Crippen LogP contribution is 2.25. The molecule has 1 N–H and O–H groups in total. The average Bonchev–Trinajstić information content (AvgIpc) is 2.44. The van der Waals surface area contributed by atoms with Crippen molar-refractivity contribution in [1.82, 2.24) is 0 Å². The standard InChI is InChI=1S/C18H21ClN2O3S/c1-12-8-13(2)10-16(9-12)20-18(22)14(3)21(25(4,23)24)17-7-5-6-15(19)11-17/h5-11,14H,1-4H3,(H,20,22). The molecule has 0 aliphatic rings. The summed E-state index contributed by atoms with van der Waals surface area (Å²) in [6.07, 6.45) is 1.06. The molecule has 2 rings (SSSR count). The predicted octanol–water partition coefficient (Wildman–Crippen LogP) is 3.75. The summed E-state index contributed by atoms with van der Waals surface area (Å²) < 4.78 is 25.6. The molecule has 0 spiro atoms. The van der Waals surface area contributed by atoms with E-state index in [9.17, 15) is 13.2 Å². The SMILES string of the molecule is Cc1cc(C)cc(NC(=O)C(C)N(c2cccc(Cl)c2)S(C)(=O)=O)c1. The first-order valence-electron chi connectivity index (χ1n) is 7.72. The highest BCUT2D eigenvalue weighted by molar-refractivity contribution is 7.92. The molecule has 0 aliphatic carbocycles. The van der Waals surface area contributed by atoms with Gasteiger partial charge >= 0.3 is 0 Å². The molecule has 0 fully saturated rings. The van der Waals surface area contributed by atoms with Crippen LogP contribution in [0.2, 0.25) is 5.02 Å². The second kappa shape index (κ2) is 7.45. The zero-order valence-corrected chi connectivity index (χ0v) is 16.1. The maximum absolute atomic E-state index is 12.6. The van der Waals surface area contributed by atoms with Gasteiger partial charge in [0.1, 0.15) is 6.04 Å². The Bertz CT molecular complexity index is 877. The highest BCUT2D eigenvalue weighted by Gasteiger charge is 2.29. The lowest BCUT2D eigenvalue weighted by Crippen LogP contribution is -2.45. The zero-order valence-electron chi connectivity index (χ0n) is 14.6. The first-order chi connectivity index (χ1) is 11.6. The maximum atomic E-state index is 12.6. The molecule has 7 heteroatoms. The van der Waals surface area contributed by atoms with E-state index in [0.29, 0.717) is 16.4 Å². The number of halogens is 1. The number of amides is 1. The van der Waals surface area contributed by atoms with Crippen LogP contribution in [-0.4, -0.2) is 26.6 Å². The summed E-state index contributed by atoms with van der Waals surface area (Å²) in [7, 11) is -3.67. The Labute approximate surface area is 153 Å². The second-order valence-electron chi connectivity index (χ2n) is 6.08.